The van der Waals surface area contributed by atoms with Crippen LogP contribution in [0, 0.1) is 0 Å². The van der Waals surface area contributed by atoms with E-state index in [1.54, 1.807) is 0 Å². The lowest BCUT2D eigenvalue weighted by Crippen LogP contribution is -2.02. The molecule has 0 aromatic rings. The van der Waals surface area contributed by atoms with Crippen molar-refractivity contribution in [2.24, 2.45) is 0 Å². The van der Waals surface area contributed by atoms with Crippen molar-refractivity contribution in [3.63, 3.8) is 0 Å². The average Bonchev–Trinajstić information content (AvgIpc) is 3.32. The lowest BCUT2D eigenvalue weighted by Gasteiger charge is -2.03. The topological polar surface area (TPSA) is 12.5 Å². The molecule has 1 heteroatoms. The first-order valence-electron chi connectivity index (χ1n) is 12.2. The Morgan fingerprint density at radius 1 is 0.742 bits per heavy atom. The molecule has 0 radical (unpaired) electrons. The minimum absolute atomic E-state index is 0.128. The van der Waals surface area contributed by atoms with Crippen molar-refractivity contribution in [1.29, 1.82) is 0 Å². The van der Waals surface area contributed by atoms with Gasteiger partial charge in [0.25, 0.3) is 0 Å². The maximum atomic E-state index is 5.67. The summed E-state index contributed by atoms with van der Waals surface area (Å²) >= 11 is 0. The van der Waals surface area contributed by atoms with E-state index >= 15 is 0 Å². The fourth-order valence-electron chi connectivity index (χ4n) is 3.67. The zero-order chi connectivity index (χ0) is 23.3. The molecule has 0 aromatic heterocycles. The molecule has 0 aromatic carbocycles. The van der Waals surface area contributed by atoms with Gasteiger partial charge < -0.3 is 4.74 Å². The van der Waals surface area contributed by atoms with Gasteiger partial charge in [0.15, 0.2) is 0 Å². The molecule has 1 saturated heterocycles. The van der Waals surface area contributed by atoms with Gasteiger partial charge in [0.1, 0.15) is 0 Å². The van der Waals surface area contributed by atoms with Gasteiger partial charge >= 0.3 is 0 Å². The van der Waals surface area contributed by atoms with Crippen molar-refractivity contribution in [3.8, 4) is 0 Å². The second kappa shape index (κ2) is 14.5. The molecular formula is C30H48O. The summed E-state index contributed by atoms with van der Waals surface area (Å²) in [6, 6.07) is 0. The number of unbranched alkanes of at least 4 members (excludes halogenated alkanes) is 1. The van der Waals surface area contributed by atoms with Crippen LogP contribution in [0.3, 0.4) is 0 Å². The van der Waals surface area contributed by atoms with Crippen LogP contribution in [-0.4, -0.2) is 11.7 Å². The van der Waals surface area contributed by atoms with Gasteiger partial charge in [-0.25, -0.2) is 0 Å². The molecule has 0 bridgehead atoms. The Labute approximate surface area is 193 Å². The molecule has 0 aliphatic carbocycles. The molecule has 1 heterocycles. The first-order valence-corrected chi connectivity index (χ1v) is 12.2. The van der Waals surface area contributed by atoms with Gasteiger partial charge in [0.2, 0.25) is 0 Å². The van der Waals surface area contributed by atoms with Crippen LogP contribution in [-0.2, 0) is 4.74 Å². The summed E-state index contributed by atoms with van der Waals surface area (Å²) in [6.07, 6.45) is 24.5. The van der Waals surface area contributed by atoms with Crippen molar-refractivity contribution in [2.45, 2.75) is 118 Å². The second-order valence-corrected chi connectivity index (χ2v) is 10.0. The molecule has 1 nitrogen and oxygen atoms in total. The Balaban J connectivity index is 2.21. The predicted octanol–water partition coefficient (Wildman–Crippen LogP) is 9.59. The summed E-state index contributed by atoms with van der Waals surface area (Å²) in [7, 11) is 0. The average molecular weight is 425 g/mol. The zero-order valence-corrected chi connectivity index (χ0v) is 21.5. The highest BCUT2D eigenvalue weighted by atomic mass is 16.6. The van der Waals surface area contributed by atoms with E-state index in [0.29, 0.717) is 6.10 Å². The van der Waals surface area contributed by atoms with Crippen molar-refractivity contribution >= 4 is 0 Å². The van der Waals surface area contributed by atoms with E-state index < -0.39 is 0 Å². The van der Waals surface area contributed by atoms with Crippen LogP contribution in [0.15, 0.2) is 70.9 Å². The van der Waals surface area contributed by atoms with Crippen LogP contribution >= 0.6 is 0 Å². The minimum Gasteiger partial charge on any atom is -0.367 e. The molecule has 1 fully saturated rings. The SMILES string of the molecule is C=C/C(=C/CC/C(C)=C/CC/C=C(\C)CCC=C(C)CCC1OC1(C)C)CC=C(C)C. The standard InChI is InChI=1S/C30H48O/c1-9-28(22-20-24(2)3)19-13-18-26(5)15-11-10-14-25(4)16-12-17-27(6)21-23-29-30(7,8)31-29/h9,14-15,17,19-20,29H,1,10-13,16,18,21-23H2,2-8H3/b25-14+,26-15+,27-17?,28-19-. The van der Waals surface area contributed by atoms with Crippen LogP contribution < -0.4 is 0 Å². The first kappa shape index (κ1) is 27.4. The Morgan fingerprint density at radius 2 is 1.23 bits per heavy atom. The van der Waals surface area contributed by atoms with Gasteiger partial charge in [-0.1, -0.05) is 65.3 Å². The normalized spacial score (nSPS) is 19.4. The fraction of sp³-hybridized carbons (Fsp3) is 0.600. The third-order valence-electron chi connectivity index (χ3n) is 6.10. The highest BCUT2D eigenvalue weighted by molar-refractivity contribution is 5.21. The third-order valence-corrected chi connectivity index (χ3v) is 6.10. The Kier molecular flexibility index (Phi) is 12.8. The quantitative estimate of drug-likeness (QED) is 0.110. The molecule has 31 heavy (non-hydrogen) atoms. The maximum Gasteiger partial charge on any atom is 0.0892 e. The van der Waals surface area contributed by atoms with Gasteiger partial charge in [-0.2, -0.15) is 0 Å². The van der Waals surface area contributed by atoms with Crippen LogP contribution in [0.5, 0.6) is 0 Å². The number of hydrogen-bond acceptors (Lipinski definition) is 1. The van der Waals surface area contributed by atoms with E-state index in [1.165, 1.54) is 40.7 Å². The zero-order valence-electron chi connectivity index (χ0n) is 21.5. The number of hydrogen-bond donors (Lipinski definition) is 0. The molecule has 1 atom stereocenters. The van der Waals surface area contributed by atoms with Crippen LogP contribution in [0.25, 0.3) is 0 Å². The molecular weight excluding hydrogens is 376 g/mol. The van der Waals surface area contributed by atoms with E-state index in [2.05, 4.69) is 85.4 Å². The van der Waals surface area contributed by atoms with Crippen molar-refractivity contribution in [3.05, 3.63) is 70.9 Å². The molecule has 0 N–H and O–H groups in total. The maximum absolute atomic E-state index is 5.67. The van der Waals surface area contributed by atoms with E-state index in [9.17, 15) is 0 Å². The number of allylic oxidation sites excluding steroid dienone is 11. The lowest BCUT2D eigenvalue weighted by molar-refractivity contribution is 0.320. The van der Waals surface area contributed by atoms with Gasteiger partial charge in [0, 0.05) is 0 Å². The largest absolute Gasteiger partial charge is 0.367 e. The number of ether oxygens (including phenoxy) is 1. The van der Waals surface area contributed by atoms with Gasteiger partial charge in [-0.05, 0) is 112 Å². The van der Waals surface area contributed by atoms with Gasteiger partial charge in [-0.15, -0.1) is 0 Å². The predicted molar refractivity (Wildman–Crippen MR) is 139 cm³/mol. The summed E-state index contributed by atoms with van der Waals surface area (Å²) in [6.45, 7) is 19.4. The number of rotatable bonds is 15. The molecule has 0 amide bonds. The molecule has 174 valence electrons. The summed E-state index contributed by atoms with van der Waals surface area (Å²) < 4.78 is 5.67. The summed E-state index contributed by atoms with van der Waals surface area (Å²) in [4.78, 5) is 0. The second-order valence-electron chi connectivity index (χ2n) is 10.0. The Hall–Kier alpha value is -1.60. The van der Waals surface area contributed by atoms with Crippen molar-refractivity contribution < 1.29 is 4.74 Å². The van der Waals surface area contributed by atoms with Gasteiger partial charge in [-0.3, -0.25) is 0 Å². The van der Waals surface area contributed by atoms with E-state index in [0.717, 1.165) is 44.9 Å². The minimum atomic E-state index is 0.128. The van der Waals surface area contributed by atoms with Gasteiger partial charge in [0.05, 0.1) is 11.7 Å². The monoisotopic (exact) mass is 424 g/mol. The van der Waals surface area contributed by atoms with E-state index in [-0.39, 0.29) is 5.60 Å². The van der Waals surface area contributed by atoms with Crippen LogP contribution in [0.4, 0.5) is 0 Å². The molecule has 0 spiro atoms. The van der Waals surface area contributed by atoms with E-state index in [1.807, 2.05) is 6.08 Å². The van der Waals surface area contributed by atoms with Crippen molar-refractivity contribution in [2.75, 3.05) is 0 Å². The van der Waals surface area contributed by atoms with Crippen molar-refractivity contribution in [1.82, 2.24) is 0 Å². The van der Waals surface area contributed by atoms with E-state index in [4.69, 9.17) is 4.74 Å². The smallest absolute Gasteiger partial charge is 0.0892 e. The molecule has 0 saturated carbocycles. The third kappa shape index (κ3) is 13.4. The summed E-state index contributed by atoms with van der Waals surface area (Å²) in [5.41, 5.74) is 7.34. The molecule has 1 aliphatic heterocycles. The highest BCUT2D eigenvalue weighted by Crippen LogP contribution is 2.38. The number of epoxide rings is 1. The molecule has 1 aliphatic rings. The molecule has 1 unspecified atom stereocenters. The summed E-state index contributed by atoms with van der Waals surface area (Å²) in [5, 5.41) is 0. The lowest BCUT2D eigenvalue weighted by atomic mass is 10.0. The van der Waals surface area contributed by atoms with Crippen LogP contribution in [0.1, 0.15) is 106 Å². The fourth-order valence-corrected chi connectivity index (χ4v) is 3.67. The first-order chi connectivity index (χ1) is 14.6. The summed E-state index contributed by atoms with van der Waals surface area (Å²) in [5.74, 6) is 0. The highest BCUT2D eigenvalue weighted by Gasteiger charge is 2.46. The Bertz CT molecular complexity index is 705. The molecule has 1 rings (SSSR count). The Morgan fingerprint density at radius 3 is 1.71 bits per heavy atom. The van der Waals surface area contributed by atoms with Crippen LogP contribution in [0.2, 0.25) is 0 Å².